The number of carboxylic acids is 1. The Labute approximate surface area is 135 Å². The number of carboxylic acid groups (broad SMARTS) is 1. The minimum Gasteiger partial charge on any atom is -0.550 e. The molecule has 128 valence electrons. The summed E-state index contributed by atoms with van der Waals surface area (Å²) in [5.41, 5.74) is 0. The third-order valence-electron chi connectivity index (χ3n) is 3.85. The molecule has 0 unspecified atom stereocenters. The molecular weight excluding hydrogens is 278 g/mol. The van der Waals surface area contributed by atoms with Crippen molar-refractivity contribution in [2.24, 2.45) is 0 Å². The highest BCUT2D eigenvalue weighted by atomic mass is 16.4. The van der Waals surface area contributed by atoms with Crippen molar-refractivity contribution in [2.45, 2.75) is 77.0 Å². The van der Waals surface area contributed by atoms with Crippen LogP contribution in [0.3, 0.4) is 0 Å². The normalized spacial score (nSPS) is 10.4. The van der Waals surface area contributed by atoms with Crippen LogP contribution < -0.4 is 5.11 Å². The molecule has 0 radical (unpaired) electrons. The maximum Gasteiger partial charge on any atom is 0.222 e. The molecule has 1 amide bonds. The lowest BCUT2D eigenvalue weighted by molar-refractivity contribution is -0.305. The van der Waals surface area contributed by atoms with Gasteiger partial charge >= 0.3 is 0 Å². The first-order valence-electron chi connectivity index (χ1n) is 8.62. The van der Waals surface area contributed by atoms with Crippen LogP contribution in [0, 0.1) is 0 Å². The number of hydrogen-bond donors (Lipinski definition) is 0. The Balaban J connectivity index is 3.42. The number of nitrogens with zero attached hydrogens (tertiary/aromatic N) is 1. The van der Waals surface area contributed by atoms with Gasteiger partial charge in [-0.25, -0.2) is 0 Å². The molecule has 0 aliphatic heterocycles. The molecule has 0 saturated carbocycles. The quantitative estimate of drug-likeness (QED) is 0.345. The lowest BCUT2D eigenvalue weighted by Crippen LogP contribution is -2.27. The van der Waals surface area contributed by atoms with Gasteiger partial charge in [-0.3, -0.25) is 4.79 Å². The van der Waals surface area contributed by atoms with Gasteiger partial charge in [0.15, 0.2) is 0 Å². The topological polar surface area (TPSA) is 60.4 Å². The zero-order valence-electron chi connectivity index (χ0n) is 14.1. The van der Waals surface area contributed by atoms with E-state index in [1.807, 2.05) is 13.1 Å². The summed E-state index contributed by atoms with van der Waals surface area (Å²) >= 11 is 0. The van der Waals surface area contributed by atoms with Crippen molar-refractivity contribution in [2.75, 3.05) is 13.6 Å². The van der Waals surface area contributed by atoms with Gasteiger partial charge < -0.3 is 14.8 Å². The summed E-state index contributed by atoms with van der Waals surface area (Å²) in [5, 5.41) is 10.3. The molecule has 0 saturated heterocycles. The fraction of sp³-hybridized carbons (Fsp3) is 0.778. The summed E-state index contributed by atoms with van der Waals surface area (Å²) in [6, 6.07) is 0. The first-order chi connectivity index (χ1) is 10.6. The molecule has 0 aromatic rings. The second kappa shape index (κ2) is 14.6. The predicted molar refractivity (Wildman–Crippen MR) is 88.2 cm³/mol. The van der Waals surface area contributed by atoms with Crippen molar-refractivity contribution in [1.82, 2.24) is 4.90 Å². The van der Waals surface area contributed by atoms with Gasteiger partial charge in [-0.15, -0.1) is 6.58 Å². The number of allylic oxidation sites excluding steroid dienone is 1. The van der Waals surface area contributed by atoms with Crippen molar-refractivity contribution in [3.8, 4) is 0 Å². The summed E-state index contributed by atoms with van der Waals surface area (Å²) < 4.78 is 0. The first-order valence-corrected chi connectivity index (χ1v) is 8.62. The van der Waals surface area contributed by atoms with E-state index < -0.39 is 5.97 Å². The van der Waals surface area contributed by atoms with Gasteiger partial charge in [-0.1, -0.05) is 38.2 Å². The maximum atomic E-state index is 11.9. The van der Waals surface area contributed by atoms with Crippen LogP contribution in [0.5, 0.6) is 0 Å². The summed E-state index contributed by atoms with van der Waals surface area (Å²) in [6.45, 7) is 4.43. The van der Waals surface area contributed by atoms with Crippen LogP contribution in [0.4, 0.5) is 0 Å². The highest BCUT2D eigenvalue weighted by molar-refractivity contribution is 5.75. The van der Waals surface area contributed by atoms with Crippen molar-refractivity contribution in [3.05, 3.63) is 12.7 Å². The number of amides is 1. The smallest absolute Gasteiger partial charge is 0.222 e. The number of aliphatic carboxylic acids is 1. The zero-order valence-corrected chi connectivity index (χ0v) is 14.1. The summed E-state index contributed by atoms with van der Waals surface area (Å²) in [4.78, 5) is 23.9. The number of rotatable bonds is 15. The molecule has 0 aliphatic rings. The molecular formula is C18H32NO3-. The Hall–Kier alpha value is -1.32. The van der Waals surface area contributed by atoms with Crippen LogP contribution in [-0.2, 0) is 9.59 Å². The van der Waals surface area contributed by atoms with Crippen LogP contribution in [0.2, 0.25) is 0 Å². The predicted octanol–water partition coefficient (Wildman–Crippen LogP) is 3.06. The molecule has 0 atom stereocenters. The van der Waals surface area contributed by atoms with Gasteiger partial charge in [0, 0.05) is 26.0 Å². The van der Waals surface area contributed by atoms with E-state index in [1.54, 1.807) is 4.90 Å². The highest BCUT2D eigenvalue weighted by Crippen LogP contribution is 2.10. The third kappa shape index (κ3) is 13.7. The van der Waals surface area contributed by atoms with Gasteiger partial charge in [0.2, 0.25) is 5.91 Å². The molecule has 0 rings (SSSR count). The Morgan fingerprint density at radius 3 is 2.09 bits per heavy atom. The molecule has 0 aromatic carbocycles. The van der Waals surface area contributed by atoms with Crippen LogP contribution in [-0.4, -0.2) is 30.4 Å². The van der Waals surface area contributed by atoms with Crippen LogP contribution in [0.25, 0.3) is 0 Å². The Bertz CT molecular complexity index is 315. The molecule has 0 aromatic heterocycles. The van der Waals surface area contributed by atoms with Gasteiger partial charge in [0.05, 0.1) is 0 Å². The molecule has 0 bridgehead atoms. The average molecular weight is 310 g/mol. The van der Waals surface area contributed by atoms with Crippen LogP contribution in [0.15, 0.2) is 12.7 Å². The van der Waals surface area contributed by atoms with E-state index >= 15 is 0 Å². The van der Waals surface area contributed by atoms with E-state index in [0.29, 0.717) is 19.4 Å². The molecule has 0 fully saturated rings. The van der Waals surface area contributed by atoms with E-state index in [2.05, 4.69) is 6.58 Å². The molecule has 0 N–H and O–H groups in total. The maximum absolute atomic E-state index is 11.9. The number of carbonyl (C=O) groups excluding carboxylic acids is 2. The second-order valence-electron chi connectivity index (χ2n) is 5.95. The van der Waals surface area contributed by atoms with E-state index in [-0.39, 0.29) is 12.3 Å². The molecule has 4 heteroatoms. The number of unbranched alkanes of at least 4 members (excludes halogenated alkanes) is 8. The van der Waals surface area contributed by atoms with E-state index in [4.69, 9.17) is 0 Å². The lowest BCUT2D eigenvalue weighted by Gasteiger charge is -2.17. The lowest BCUT2D eigenvalue weighted by atomic mass is 10.1. The Morgan fingerprint density at radius 2 is 1.45 bits per heavy atom. The second-order valence-corrected chi connectivity index (χ2v) is 5.95. The van der Waals surface area contributed by atoms with Gasteiger partial charge in [0.1, 0.15) is 0 Å². The van der Waals surface area contributed by atoms with Gasteiger partial charge in [0.25, 0.3) is 0 Å². The summed E-state index contributed by atoms with van der Waals surface area (Å²) in [5.74, 6) is -0.791. The van der Waals surface area contributed by atoms with Crippen molar-refractivity contribution >= 4 is 11.9 Å². The zero-order chi connectivity index (χ0) is 16.6. The van der Waals surface area contributed by atoms with E-state index in [1.165, 1.54) is 25.7 Å². The molecule has 0 spiro atoms. The minimum absolute atomic E-state index is 0.116. The van der Waals surface area contributed by atoms with Crippen LogP contribution >= 0.6 is 0 Å². The Kier molecular flexibility index (Phi) is 13.7. The molecule has 4 nitrogen and oxygen atoms in total. The van der Waals surface area contributed by atoms with Crippen molar-refractivity contribution in [3.63, 3.8) is 0 Å². The number of carbonyl (C=O) groups is 2. The van der Waals surface area contributed by atoms with Gasteiger partial charge in [-0.2, -0.15) is 0 Å². The van der Waals surface area contributed by atoms with E-state index in [9.17, 15) is 14.7 Å². The highest BCUT2D eigenvalue weighted by Gasteiger charge is 2.07. The molecule has 22 heavy (non-hydrogen) atoms. The fourth-order valence-corrected chi connectivity index (χ4v) is 2.38. The van der Waals surface area contributed by atoms with Gasteiger partial charge in [-0.05, 0) is 38.5 Å². The summed E-state index contributed by atoms with van der Waals surface area (Å²) in [6.07, 6.45) is 13.2. The van der Waals surface area contributed by atoms with Crippen LogP contribution in [0.1, 0.15) is 77.0 Å². The largest absolute Gasteiger partial charge is 0.550 e. The SMILES string of the molecule is C=CCCCCCCCCC(=O)N(C)CCCCCC(=O)[O-]. The number of hydrogen-bond acceptors (Lipinski definition) is 3. The van der Waals surface area contributed by atoms with E-state index in [0.717, 1.165) is 32.1 Å². The minimum atomic E-state index is -0.992. The first kappa shape index (κ1) is 20.7. The van der Waals surface area contributed by atoms with Crippen molar-refractivity contribution in [1.29, 1.82) is 0 Å². The third-order valence-corrected chi connectivity index (χ3v) is 3.85. The molecule has 0 aliphatic carbocycles. The fourth-order valence-electron chi connectivity index (χ4n) is 2.38. The molecule has 0 heterocycles. The standard InChI is InChI=1S/C18H33NO3/c1-3-4-5-6-7-8-9-11-14-17(20)19(2)16-13-10-12-15-18(21)22/h3H,1,4-16H2,2H3,(H,21,22)/p-1. The monoisotopic (exact) mass is 310 g/mol. The summed E-state index contributed by atoms with van der Waals surface area (Å²) in [7, 11) is 1.83. The van der Waals surface area contributed by atoms with Crippen molar-refractivity contribution < 1.29 is 14.7 Å². The average Bonchev–Trinajstić information content (AvgIpc) is 2.48. The Morgan fingerprint density at radius 1 is 0.909 bits per heavy atom.